The van der Waals surface area contributed by atoms with E-state index in [1.165, 1.54) is 0 Å². The van der Waals surface area contributed by atoms with Crippen LogP contribution in [-0.4, -0.2) is 10.1 Å². The van der Waals surface area contributed by atoms with Gasteiger partial charge in [0.15, 0.2) is 0 Å². The number of hydrogen-bond acceptors (Lipinski definition) is 1. The fourth-order valence-electron chi connectivity index (χ4n) is 1.50. The van der Waals surface area contributed by atoms with Gasteiger partial charge in [-0.25, -0.2) is 0 Å². The van der Waals surface area contributed by atoms with Crippen molar-refractivity contribution in [2.24, 2.45) is 0 Å². The van der Waals surface area contributed by atoms with Crippen LogP contribution >= 0.6 is 0 Å². The zero-order valence-electron chi connectivity index (χ0n) is 7.85. The summed E-state index contributed by atoms with van der Waals surface area (Å²) in [5.74, 6) is 0. The third kappa shape index (κ3) is 2.03. The van der Waals surface area contributed by atoms with Crippen LogP contribution in [0.3, 0.4) is 0 Å². The fourth-order valence-corrected chi connectivity index (χ4v) is 1.50. The lowest BCUT2D eigenvalue weighted by molar-refractivity contribution is 0.177. The standard InChI is InChI=1S/C12H13NO/c14-12(9-11-7-4-8-13-11)10-5-2-1-3-6-10/h1-8,12-14H,9H2/t12-/m0/s1. The van der Waals surface area contributed by atoms with Crippen LogP contribution in [0.15, 0.2) is 48.7 Å². The van der Waals surface area contributed by atoms with Gasteiger partial charge in [0.2, 0.25) is 0 Å². The highest BCUT2D eigenvalue weighted by Crippen LogP contribution is 2.16. The molecule has 0 unspecified atom stereocenters. The average Bonchev–Trinajstić information content (AvgIpc) is 2.72. The van der Waals surface area contributed by atoms with Crippen LogP contribution in [0.1, 0.15) is 17.4 Å². The molecule has 0 aliphatic rings. The number of aliphatic hydroxyl groups excluding tert-OH is 1. The molecule has 0 saturated carbocycles. The molecular weight excluding hydrogens is 174 g/mol. The van der Waals surface area contributed by atoms with Gasteiger partial charge in [-0.1, -0.05) is 30.3 Å². The molecule has 0 spiro atoms. The van der Waals surface area contributed by atoms with Gasteiger partial charge in [-0.05, 0) is 17.7 Å². The molecule has 2 N–H and O–H groups in total. The first kappa shape index (κ1) is 9.03. The van der Waals surface area contributed by atoms with Gasteiger partial charge >= 0.3 is 0 Å². The molecule has 0 amide bonds. The number of aliphatic hydroxyl groups is 1. The summed E-state index contributed by atoms with van der Waals surface area (Å²) in [7, 11) is 0. The van der Waals surface area contributed by atoms with Crippen LogP contribution in [0.4, 0.5) is 0 Å². The van der Waals surface area contributed by atoms with E-state index >= 15 is 0 Å². The van der Waals surface area contributed by atoms with Crippen LogP contribution in [0.25, 0.3) is 0 Å². The van der Waals surface area contributed by atoms with Gasteiger partial charge in [0.05, 0.1) is 6.10 Å². The summed E-state index contributed by atoms with van der Waals surface area (Å²) in [5.41, 5.74) is 2.02. The summed E-state index contributed by atoms with van der Waals surface area (Å²) in [6.07, 6.45) is 2.08. The minimum atomic E-state index is -0.421. The molecule has 72 valence electrons. The van der Waals surface area contributed by atoms with Gasteiger partial charge in [-0.15, -0.1) is 0 Å². The number of H-pyrrole nitrogens is 1. The summed E-state index contributed by atoms with van der Waals surface area (Å²) in [4.78, 5) is 3.08. The van der Waals surface area contributed by atoms with Gasteiger partial charge in [-0.2, -0.15) is 0 Å². The summed E-state index contributed by atoms with van der Waals surface area (Å²) < 4.78 is 0. The molecule has 0 radical (unpaired) electrons. The van der Waals surface area contributed by atoms with E-state index in [2.05, 4.69) is 4.98 Å². The van der Waals surface area contributed by atoms with Crippen molar-refractivity contribution >= 4 is 0 Å². The highest BCUT2D eigenvalue weighted by molar-refractivity contribution is 5.19. The van der Waals surface area contributed by atoms with Crippen LogP contribution in [0.2, 0.25) is 0 Å². The van der Waals surface area contributed by atoms with Crippen molar-refractivity contribution in [3.05, 3.63) is 59.9 Å². The summed E-state index contributed by atoms with van der Waals surface area (Å²) in [6.45, 7) is 0. The minimum absolute atomic E-state index is 0.421. The normalized spacial score (nSPS) is 12.6. The predicted molar refractivity (Wildman–Crippen MR) is 55.9 cm³/mol. The average molecular weight is 187 g/mol. The lowest BCUT2D eigenvalue weighted by Gasteiger charge is -2.09. The van der Waals surface area contributed by atoms with Gasteiger partial charge in [0.1, 0.15) is 0 Å². The predicted octanol–water partition coefficient (Wildman–Crippen LogP) is 2.29. The molecule has 0 saturated heterocycles. The summed E-state index contributed by atoms with van der Waals surface area (Å²) >= 11 is 0. The van der Waals surface area contributed by atoms with Gasteiger partial charge < -0.3 is 10.1 Å². The van der Waals surface area contributed by atoms with Crippen molar-refractivity contribution in [2.75, 3.05) is 0 Å². The Labute approximate surface area is 83.2 Å². The number of benzene rings is 1. The van der Waals surface area contributed by atoms with Gasteiger partial charge in [0.25, 0.3) is 0 Å². The largest absolute Gasteiger partial charge is 0.388 e. The van der Waals surface area contributed by atoms with E-state index in [4.69, 9.17) is 0 Å². The molecule has 14 heavy (non-hydrogen) atoms. The third-order valence-electron chi connectivity index (χ3n) is 2.26. The number of nitrogens with one attached hydrogen (secondary N) is 1. The molecule has 0 bridgehead atoms. The molecular formula is C12H13NO. The monoisotopic (exact) mass is 187 g/mol. The van der Waals surface area contributed by atoms with E-state index < -0.39 is 6.10 Å². The molecule has 1 aromatic carbocycles. The Morgan fingerprint density at radius 2 is 1.86 bits per heavy atom. The van der Waals surface area contributed by atoms with E-state index in [1.54, 1.807) is 0 Å². The molecule has 1 aromatic heterocycles. The van der Waals surface area contributed by atoms with Crippen molar-refractivity contribution in [1.82, 2.24) is 4.98 Å². The van der Waals surface area contributed by atoms with E-state index in [-0.39, 0.29) is 0 Å². The van der Waals surface area contributed by atoms with E-state index in [9.17, 15) is 5.11 Å². The molecule has 1 atom stereocenters. The van der Waals surface area contributed by atoms with Crippen molar-refractivity contribution in [2.45, 2.75) is 12.5 Å². The second-order valence-electron chi connectivity index (χ2n) is 3.33. The maximum Gasteiger partial charge on any atom is 0.0844 e. The van der Waals surface area contributed by atoms with E-state index in [0.717, 1.165) is 11.3 Å². The van der Waals surface area contributed by atoms with Gasteiger partial charge in [-0.3, -0.25) is 0 Å². The number of aromatic amines is 1. The molecule has 2 heteroatoms. The molecule has 0 fully saturated rings. The second kappa shape index (κ2) is 4.11. The quantitative estimate of drug-likeness (QED) is 0.759. The highest BCUT2D eigenvalue weighted by Gasteiger charge is 2.07. The Morgan fingerprint density at radius 3 is 2.50 bits per heavy atom. The lowest BCUT2D eigenvalue weighted by atomic mass is 10.1. The third-order valence-corrected chi connectivity index (χ3v) is 2.26. The maximum atomic E-state index is 9.87. The van der Waals surface area contributed by atoms with Crippen molar-refractivity contribution < 1.29 is 5.11 Å². The Bertz CT molecular complexity index is 366. The summed E-state index contributed by atoms with van der Waals surface area (Å²) in [5, 5.41) is 9.87. The Morgan fingerprint density at radius 1 is 1.07 bits per heavy atom. The van der Waals surface area contributed by atoms with Crippen molar-refractivity contribution in [1.29, 1.82) is 0 Å². The van der Waals surface area contributed by atoms with E-state index in [1.807, 2.05) is 48.7 Å². The number of rotatable bonds is 3. The maximum absolute atomic E-state index is 9.87. The second-order valence-corrected chi connectivity index (χ2v) is 3.33. The number of hydrogen-bond donors (Lipinski definition) is 2. The molecule has 2 nitrogen and oxygen atoms in total. The van der Waals surface area contributed by atoms with E-state index in [0.29, 0.717) is 6.42 Å². The molecule has 1 heterocycles. The topological polar surface area (TPSA) is 36.0 Å². The van der Waals surface area contributed by atoms with Crippen LogP contribution in [-0.2, 0) is 6.42 Å². The van der Waals surface area contributed by atoms with Gasteiger partial charge in [0, 0.05) is 18.3 Å². The number of aromatic nitrogens is 1. The first-order chi connectivity index (χ1) is 6.86. The zero-order valence-corrected chi connectivity index (χ0v) is 7.85. The van der Waals surface area contributed by atoms with Crippen molar-refractivity contribution in [3.8, 4) is 0 Å². The van der Waals surface area contributed by atoms with Crippen LogP contribution < -0.4 is 0 Å². The minimum Gasteiger partial charge on any atom is -0.388 e. The zero-order chi connectivity index (χ0) is 9.80. The SMILES string of the molecule is O[C@@H](Cc1ccc[nH]1)c1ccccc1. The molecule has 2 aromatic rings. The fraction of sp³-hybridized carbons (Fsp3) is 0.167. The Hall–Kier alpha value is -1.54. The lowest BCUT2D eigenvalue weighted by Crippen LogP contribution is -2.01. The molecule has 0 aliphatic heterocycles. The first-order valence-electron chi connectivity index (χ1n) is 4.71. The Balaban J connectivity index is 2.07. The first-order valence-corrected chi connectivity index (χ1v) is 4.71. The van der Waals surface area contributed by atoms with Crippen molar-refractivity contribution in [3.63, 3.8) is 0 Å². The Kier molecular flexibility index (Phi) is 2.65. The molecule has 2 rings (SSSR count). The van der Waals surface area contributed by atoms with Crippen LogP contribution in [0, 0.1) is 0 Å². The molecule has 0 aliphatic carbocycles. The highest BCUT2D eigenvalue weighted by atomic mass is 16.3. The summed E-state index contributed by atoms with van der Waals surface area (Å²) in [6, 6.07) is 13.6. The van der Waals surface area contributed by atoms with Crippen LogP contribution in [0.5, 0.6) is 0 Å². The smallest absolute Gasteiger partial charge is 0.0844 e.